The van der Waals surface area contributed by atoms with Gasteiger partial charge in [-0.05, 0) is 59.3 Å². The summed E-state index contributed by atoms with van der Waals surface area (Å²) in [6.07, 6.45) is 5.16. The van der Waals surface area contributed by atoms with Gasteiger partial charge in [0.1, 0.15) is 5.69 Å². The molecular weight excluding hydrogens is 377 g/mol. The zero-order valence-electron chi connectivity index (χ0n) is 11.7. The average Bonchev–Trinajstić information content (AvgIpc) is 2.88. The van der Waals surface area contributed by atoms with Crippen molar-refractivity contribution in [3.05, 3.63) is 28.5 Å². The summed E-state index contributed by atoms with van der Waals surface area (Å²) < 4.78 is 0.902. The molecule has 1 amide bonds. The number of nitrogens with zero attached hydrogens (tertiary/aromatic N) is 2. The standard InChI is InChI=1S/C14H18BrN3O.2ClH/c15-11-1-2-12(17-9-11)13(19)18-7-4-14(5-8-18)3-6-16-10-14;;/h1-2,9,16H,3-8,10H2;2*1H. The molecule has 0 atom stereocenters. The molecule has 21 heavy (non-hydrogen) atoms. The first kappa shape index (κ1) is 18.7. The molecule has 2 fully saturated rings. The molecule has 0 radical (unpaired) electrons. The van der Waals surface area contributed by atoms with Crippen LogP contribution >= 0.6 is 40.7 Å². The van der Waals surface area contributed by atoms with Gasteiger partial charge in [0, 0.05) is 30.3 Å². The van der Waals surface area contributed by atoms with Gasteiger partial charge in [0.2, 0.25) is 0 Å². The molecule has 2 aliphatic heterocycles. The largest absolute Gasteiger partial charge is 0.337 e. The SMILES string of the molecule is Cl.Cl.O=C(c1ccc(Br)cn1)N1CCC2(CCNC2)CC1. The quantitative estimate of drug-likeness (QED) is 0.793. The molecule has 0 aliphatic carbocycles. The minimum absolute atomic E-state index is 0. The van der Waals surface area contributed by atoms with Crippen LogP contribution < -0.4 is 5.32 Å². The summed E-state index contributed by atoms with van der Waals surface area (Å²) in [5.74, 6) is 0.0632. The topological polar surface area (TPSA) is 45.2 Å². The monoisotopic (exact) mass is 395 g/mol. The van der Waals surface area contributed by atoms with E-state index in [1.165, 1.54) is 6.42 Å². The van der Waals surface area contributed by atoms with Crippen LogP contribution in [0.15, 0.2) is 22.8 Å². The number of amides is 1. The number of halogens is 3. The Morgan fingerprint density at radius 3 is 2.48 bits per heavy atom. The molecule has 1 spiro atoms. The van der Waals surface area contributed by atoms with Crippen LogP contribution in [0.3, 0.4) is 0 Å². The summed E-state index contributed by atoms with van der Waals surface area (Å²) in [6, 6.07) is 3.65. The van der Waals surface area contributed by atoms with Crippen molar-refractivity contribution in [2.75, 3.05) is 26.2 Å². The molecule has 2 saturated heterocycles. The van der Waals surface area contributed by atoms with Gasteiger partial charge in [0.25, 0.3) is 5.91 Å². The number of rotatable bonds is 1. The van der Waals surface area contributed by atoms with E-state index in [-0.39, 0.29) is 30.7 Å². The maximum Gasteiger partial charge on any atom is 0.272 e. The molecule has 2 aliphatic rings. The van der Waals surface area contributed by atoms with E-state index in [0.29, 0.717) is 11.1 Å². The zero-order chi connectivity index (χ0) is 13.3. The van der Waals surface area contributed by atoms with Crippen molar-refractivity contribution < 1.29 is 4.79 Å². The minimum Gasteiger partial charge on any atom is -0.337 e. The lowest BCUT2D eigenvalue weighted by atomic mass is 9.78. The van der Waals surface area contributed by atoms with Crippen molar-refractivity contribution in [2.45, 2.75) is 19.3 Å². The smallest absolute Gasteiger partial charge is 0.272 e. The molecule has 7 heteroatoms. The summed E-state index contributed by atoms with van der Waals surface area (Å²) in [5.41, 5.74) is 0.993. The zero-order valence-corrected chi connectivity index (χ0v) is 14.9. The van der Waals surface area contributed by atoms with E-state index in [4.69, 9.17) is 0 Å². The first-order chi connectivity index (χ1) is 9.19. The molecule has 118 valence electrons. The van der Waals surface area contributed by atoms with Crippen LogP contribution in [0, 0.1) is 5.41 Å². The number of pyridine rings is 1. The Balaban J connectivity index is 0.00000110. The molecule has 1 N–H and O–H groups in total. The summed E-state index contributed by atoms with van der Waals surface area (Å²) in [5, 5.41) is 3.44. The minimum atomic E-state index is 0. The lowest BCUT2D eigenvalue weighted by Crippen LogP contribution is -2.44. The summed E-state index contributed by atoms with van der Waals surface area (Å²) in [7, 11) is 0. The van der Waals surface area contributed by atoms with Gasteiger partial charge in [-0.1, -0.05) is 0 Å². The molecule has 1 aromatic rings. The predicted octanol–water partition coefficient (Wildman–Crippen LogP) is 2.90. The maximum atomic E-state index is 12.3. The highest BCUT2D eigenvalue weighted by Crippen LogP contribution is 2.37. The van der Waals surface area contributed by atoms with E-state index in [0.717, 1.165) is 43.5 Å². The van der Waals surface area contributed by atoms with Crippen LogP contribution in [0.1, 0.15) is 29.8 Å². The molecule has 3 rings (SSSR count). The average molecular weight is 397 g/mol. The van der Waals surface area contributed by atoms with Gasteiger partial charge in [-0.15, -0.1) is 24.8 Å². The van der Waals surface area contributed by atoms with Gasteiger partial charge in [0.15, 0.2) is 0 Å². The fraction of sp³-hybridized carbons (Fsp3) is 0.571. The van der Waals surface area contributed by atoms with Crippen molar-refractivity contribution in [3.8, 4) is 0 Å². The fourth-order valence-corrected chi connectivity index (χ4v) is 3.31. The Hall–Kier alpha value is -0.360. The number of likely N-dealkylation sites (tertiary alicyclic amines) is 1. The van der Waals surface area contributed by atoms with Gasteiger partial charge >= 0.3 is 0 Å². The Morgan fingerprint density at radius 1 is 1.24 bits per heavy atom. The van der Waals surface area contributed by atoms with Crippen molar-refractivity contribution in [2.24, 2.45) is 5.41 Å². The maximum absolute atomic E-state index is 12.3. The van der Waals surface area contributed by atoms with E-state index >= 15 is 0 Å². The van der Waals surface area contributed by atoms with E-state index in [1.807, 2.05) is 11.0 Å². The Morgan fingerprint density at radius 2 is 1.95 bits per heavy atom. The third-order valence-electron chi connectivity index (χ3n) is 4.39. The highest BCUT2D eigenvalue weighted by molar-refractivity contribution is 9.10. The summed E-state index contributed by atoms with van der Waals surface area (Å²) in [4.78, 5) is 18.5. The second-order valence-electron chi connectivity index (χ2n) is 5.58. The molecule has 4 nitrogen and oxygen atoms in total. The molecular formula is C14H20BrCl2N3O. The van der Waals surface area contributed by atoms with E-state index in [9.17, 15) is 4.79 Å². The van der Waals surface area contributed by atoms with Gasteiger partial charge in [-0.25, -0.2) is 4.98 Å². The number of carbonyl (C=O) groups excluding carboxylic acids is 1. The van der Waals surface area contributed by atoms with Crippen LogP contribution in [0.25, 0.3) is 0 Å². The summed E-state index contributed by atoms with van der Waals surface area (Å²) in [6.45, 7) is 3.96. The van der Waals surface area contributed by atoms with Crippen LogP contribution in [-0.2, 0) is 0 Å². The van der Waals surface area contributed by atoms with Gasteiger partial charge < -0.3 is 10.2 Å². The molecule has 0 unspecified atom stereocenters. The predicted molar refractivity (Wildman–Crippen MR) is 91.5 cm³/mol. The molecule has 0 saturated carbocycles. The first-order valence-corrected chi connectivity index (χ1v) is 7.59. The molecule has 3 heterocycles. The number of carbonyl (C=O) groups is 1. The molecule has 1 aromatic heterocycles. The van der Waals surface area contributed by atoms with E-state index in [1.54, 1.807) is 12.3 Å². The lowest BCUT2D eigenvalue weighted by Gasteiger charge is -2.38. The molecule has 0 bridgehead atoms. The first-order valence-electron chi connectivity index (χ1n) is 6.80. The number of nitrogens with one attached hydrogen (secondary N) is 1. The Labute approximate surface area is 146 Å². The van der Waals surface area contributed by atoms with Gasteiger partial charge in [-0.3, -0.25) is 4.79 Å². The third kappa shape index (κ3) is 4.09. The van der Waals surface area contributed by atoms with E-state index in [2.05, 4.69) is 26.2 Å². The van der Waals surface area contributed by atoms with Crippen molar-refractivity contribution in [1.82, 2.24) is 15.2 Å². The van der Waals surface area contributed by atoms with Gasteiger partial charge in [0.05, 0.1) is 0 Å². The molecule has 0 aromatic carbocycles. The fourth-order valence-electron chi connectivity index (χ4n) is 3.07. The third-order valence-corrected chi connectivity index (χ3v) is 4.86. The van der Waals surface area contributed by atoms with Crippen molar-refractivity contribution in [3.63, 3.8) is 0 Å². The Bertz CT molecular complexity index is 468. The van der Waals surface area contributed by atoms with Crippen LogP contribution in [-0.4, -0.2) is 42.0 Å². The van der Waals surface area contributed by atoms with Crippen LogP contribution in [0.2, 0.25) is 0 Å². The van der Waals surface area contributed by atoms with E-state index < -0.39 is 0 Å². The van der Waals surface area contributed by atoms with Crippen molar-refractivity contribution >= 4 is 46.7 Å². The highest BCUT2D eigenvalue weighted by atomic mass is 79.9. The highest BCUT2D eigenvalue weighted by Gasteiger charge is 2.38. The van der Waals surface area contributed by atoms with Crippen LogP contribution in [0.5, 0.6) is 0 Å². The number of hydrogen-bond acceptors (Lipinski definition) is 3. The summed E-state index contributed by atoms with van der Waals surface area (Å²) >= 11 is 3.34. The normalized spacial score (nSPS) is 19.8. The second-order valence-corrected chi connectivity index (χ2v) is 6.50. The number of hydrogen-bond donors (Lipinski definition) is 1. The number of aromatic nitrogens is 1. The second kappa shape index (κ2) is 7.77. The van der Waals surface area contributed by atoms with Crippen LogP contribution in [0.4, 0.5) is 0 Å². The number of piperidine rings is 1. The lowest BCUT2D eigenvalue weighted by molar-refractivity contribution is 0.0602. The Kier molecular flexibility index (Phi) is 6.91. The van der Waals surface area contributed by atoms with Crippen molar-refractivity contribution in [1.29, 1.82) is 0 Å². The van der Waals surface area contributed by atoms with Gasteiger partial charge in [-0.2, -0.15) is 0 Å².